The van der Waals surface area contributed by atoms with E-state index in [0.717, 1.165) is 11.5 Å². The summed E-state index contributed by atoms with van der Waals surface area (Å²) in [7, 11) is 0. The first-order valence-corrected chi connectivity index (χ1v) is 5.98. The number of H-pyrrole nitrogens is 1. The van der Waals surface area contributed by atoms with Crippen molar-refractivity contribution in [2.45, 2.75) is 18.8 Å². The Morgan fingerprint density at radius 3 is 2.81 bits per heavy atom. The Bertz CT molecular complexity index is 583. The van der Waals surface area contributed by atoms with Gasteiger partial charge in [0, 0.05) is 5.92 Å². The highest BCUT2D eigenvalue weighted by Gasteiger charge is 2.29. The van der Waals surface area contributed by atoms with Crippen LogP contribution in [0.25, 0.3) is 5.69 Å². The number of nitrogens with one attached hydrogen (secondary N) is 1. The number of aromatic nitrogens is 3. The van der Waals surface area contributed by atoms with Gasteiger partial charge in [0.15, 0.2) is 4.77 Å². The minimum atomic E-state index is 0.532. The highest BCUT2D eigenvalue weighted by molar-refractivity contribution is 7.71. The van der Waals surface area contributed by atoms with Crippen molar-refractivity contribution in [2.24, 2.45) is 0 Å². The molecule has 0 amide bonds. The van der Waals surface area contributed by atoms with E-state index >= 15 is 0 Å². The van der Waals surface area contributed by atoms with E-state index in [1.54, 1.807) is 0 Å². The SMILES string of the molecule is S=c1[nH]nc(C2CC2)n1-c1ccccc1Cl. The Hall–Kier alpha value is -1.13. The molecular formula is C11H10ClN3S. The molecule has 1 aliphatic rings. The van der Waals surface area contributed by atoms with Gasteiger partial charge < -0.3 is 0 Å². The van der Waals surface area contributed by atoms with Crippen molar-refractivity contribution in [1.82, 2.24) is 14.8 Å². The summed E-state index contributed by atoms with van der Waals surface area (Å²) < 4.78 is 2.55. The number of hydrogen-bond acceptors (Lipinski definition) is 2. The van der Waals surface area contributed by atoms with Crippen LogP contribution >= 0.6 is 23.8 Å². The summed E-state index contributed by atoms with van der Waals surface area (Å²) in [4.78, 5) is 0. The van der Waals surface area contributed by atoms with E-state index in [1.165, 1.54) is 12.8 Å². The van der Waals surface area contributed by atoms with Crippen molar-refractivity contribution in [3.05, 3.63) is 39.9 Å². The fourth-order valence-electron chi connectivity index (χ4n) is 1.79. The molecule has 1 N–H and O–H groups in total. The van der Waals surface area contributed by atoms with Gasteiger partial charge in [-0.2, -0.15) is 5.10 Å². The largest absolute Gasteiger partial charge is 0.270 e. The van der Waals surface area contributed by atoms with Crippen molar-refractivity contribution in [1.29, 1.82) is 0 Å². The van der Waals surface area contributed by atoms with Gasteiger partial charge in [-0.25, -0.2) is 0 Å². The summed E-state index contributed by atoms with van der Waals surface area (Å²) in [5.74, 6) is 1.53. The fourth-order valence-corrected chi connectivity index (χ4v) is 2.25. The molecule has 1 heterocycles. The monoisotopic (exact) mass is 251 g/mol. The van der Waals surface area contributed by atoms with Crippen molar-refractivity contribution in [3.63, 3.8) is 0 Å². The molecule has 1 aliphatic carbocycles. The molecule has 0 bridgehead atoms. The van der Waals surface area contributed by atoms with Gasteiger partial charge in [-0.3, -0.25) is 9.67 Å². The second-order valence-corrected chi connectivity index (χ2v) is 4.74. The summed E-state index contributed by atoms with van der Waals surface area (Å²) >= 11 is 11.4. The molecule has 16 heavy (non-hydrogen) atoms. The number of halogens is 1. The summed E-state index contributed by atoms with van der Waals surface area (Å²) in [5.41, 5.74) is 0.907. The highest BCUT2D eigenvalue weighted by Crippen LogP contribution is 2.40. The van der Waals surface area contributed by atoms with E-state index in [-0.39, 0.29) is 0 Å². The average Bonchev–Trinajstić information content (AvgIpc) is 3.04. The molecule has 5 heteroatoms. The average molecular weight is 252 g/mol. The predicted octanol–water partition coefficient (Wildman–Crippen LogP) is 3.46. The van der Waals surface area contributed by atoms with Crippen LogP contribution in [0, 0.1) is 4.77 Å². The molecule has 0 saturated heterocycles. The molecule has 3 rings (SSSR count). The maximum atomic E-state index is 6.18. The van der Waals surface area contributed by atoms with Crippen LogP contribution in [-0.4, -0.2) is 14.8 Å². The van der Waals surface area contributed by atoms with Crippen molar-refractivity contribution in [2.75, 3.05) is 0 Å². The minimum Gasteiger partial charge on any atom is -0.270 e. The number of benzene rings is 1. The third kappa shape index (κ3) is 1.58. The smallest absolute Gasteiger partial charge is 0.199 e. The molecule has 0 atom stereocenters. The topological polar surface area (TPSA) is 33.6 Å². The number of nitrogens with zero attached hydrogens (tertiary/aromatic N) is 2. The van der Waals surface area contributed by atoms with Gasteiger partial charge in [-0.15, -0.1) is 0 Å². The first-order chi connectivity index (χ1) is 7.77. The second-order valence-electron chi connectivity index (χ2n) is 3.95. The molecular weight excluding hydrogens is 242 g/mol. The quantitative estimate of drug-likeness (QED) is 0.830. The van der Waals surface area contributed by atoms with Crippen LogP contribution in [-0.2, 0) is 0 Å². The number of hydrogen-bond donors (Lipinski definition) is 1. The number of para-hydroxylation sites is 1. The predicted molar refractivity (Wildman–Crippen MR) is 65.7 cm³/mol. The molecule has 0 unspecified atom stereocenters. The molecule has 1 aromatic carbocycles. The number of aromatic amines is 1. The lowest BCUT2D eigenvalue weighted by molar-refractivity contribution is 0.869. The molecule has 82 valence electrons. The normalized spacial score (nSPS) is 15.3. The van der Waals surface area contributed by atoms with E-state index in [1.807, 2.05) is 28.8 Å². The third-order valence-electron chi connectivity index (χ3n) is 2.73. The first kappa shape index (κ1) is 10.1. The van der Waals surface area contributed by atoms with E-state index < -0.39 is 0 Å². The zero-order valence-electron chi connectivity index (χ0n) is 8.48. The fraction of sp³-hybridized carbons (Fsp3) is 0.273. The van der Waals surface area contributed by atoms with Crippen LogP contribution in [0.2, 0.25) is 5.02 Å². The van der Waals surface area contributed by atoms with E-state index in [9.17, 15) is 0 Å². The highest BCUT2D eigenvalue weighted by atomic mass is 35.5. The van der Waals surface area contributed by atoms with Crippen LogP contribution < -0.4 is 0 Å². The lowest BCUT2D eigenvalue weighted by Gasteiger charge is -2.07. The van der Waals surface area contributed by atoms with Crippen molar-refractivity contribution in [3.8, 4) is 5.69 Å². The lowest BCUT2D eigenvalue weighted by atomic mass is 10.3. The van der Waals surface area contributed by atoms with Crippen LogP contribution in [0.4, 0.5) is 0 Å². The molecule has 1 saturated carbocycles. The third-order valence-corrected chi connectivity index (χ3v) is 3.33. The van der Waals surface area contributed by atoms with Gasteiger partial charge in [0.2, 0.25) is 0 Å². The minimum absolute atomic E-state index is 0.532. The Morgan fingerprint density at radius 2 is 2.12 bits per heavy atom. The van der Waals surface area contributed by atoms with Gasteiger partial charge in [-0.05, 0) is 37.2 Å². The van der Waals surface area contributed by atoms with Gasteiger partial charge in [-0.1, -0.05) is 23.7 Å². The summed E-state index contributed by atoms with van der Waals surface area (Å²) in [5, 5.41) is 7.82. The van der Waals surface area contributed by atoms with Crippen LogP contribution in [0.3, 0.4) is 0 Å². The molecule has 0 radical (unpaired) electrons. The van der Waals surface area contributed by atoms with Crippen molar-refractivity contribution >= 4 is 23.8 Å². The Balaban J connectivity index is 2.22. The zero-order valence-corrected chi connectivity index (χ0v) is 10.1. The molecule has 2 aromatic rings. The molecule has 0 spiro atoms. The zero-order chi connectivity index (χ0) is 11.1. The van der Waals surface area contributed by atoms with E-state index in [4.69, 9.17) is 23.8 Å². The van der Waals surface area contributed by atoms with Crippen molar-refractivity contribution < 1.29 is 0 Å². The van der Waals surface area contributed by atoms with Crippen LogP contribution in [0.1, 0.15) is 24.6 Å². The maximum absolute atomic E-state index is 6.18. The van der Waals surface area contributed by atoms with Gasteiger partial charge >= 0.3 is 0 Å². The molecule has 3 nitrogen and oxygen atoms in total. The Kier molecular flexibility index (Phi) is 2.33. The Morgan fingerprint density at radius 1 is 1.38 bits per heavy atom. The lowest BCUT2D eigenvalue weighted by Crippen LogP contribution is -2.00. The molecule has 0 aliphatic heterocycles. The van der Waals surface area contributed by atoms with E-state index in [2.05, 4.69) is 10.2 Å². The first-order valence-electron chi connectivity index (χ1n) is 5.19. The molecule has 1 fully saturated rings. The maximum Gasteiger partial charge on any atom is 0.199 e. The summed E-state index contributed by atoms with van der Waals surface area (Å²) in [6.45, 7) is 0. The second kappa shape index (κ2) is 3.71. The van der Waals surface area contributed by atoms with Gasteiger partial charge in [0.25, 0.3) is 0 Å². The standard InChI is InChI=1S/C11H10ClN3S/c12-8-3-1-2-4-9(8)15-10(7-5-6-7)13-14-11(15)16/h1-4,7H,5-6H2,(H,14,16). The number of rotatable bonds is 2. The van der Waals surface area contributed by atoms with Crippen LogP contribution in [0.15, 0.2) is 24.3 Å². The molecule has 1 aromatic heterocycles. The van der Waals surface area contributed by atoms with Gasteiger partial charge in [0.05, 0.1) is 10.7 Å². The summed E-state index contributed by atoms with van der Waals surface area (Å²) in [6, 6.07) is 7.68. The summed E-state index contributed by atoms with van der Waals surface area (Å²) in [6.07, 6.45) is 2.37. The van der Waals surface area contributed by atoms with E-state index in [0.29, 0.717) is 15.7 Å². The van der Waals surface area contributed by atoms with Gasteiger partial charge in [0.1, 0.15) is 5.82 Å². The Labute approximate surface area is 103 Å². The van der Waals surface area contributed by atoms with Crippen LogP contribution in [0.5, 0.6) is 0 Å².